The van der Waals surface area contributed by atoms with E-state index < -0.39 is 0 Å². The minimum Gasteiger partial charge on any atom is -0.344 e. The minimum atomic E-state index is 0.217. The lowest BCUT2D eigenvalue weighted by Gasteiger charge is -2.31. The van der Waals surface area contributed by atoms with Crippen molar-refractivity contribution >= 4 is 28.5 Å². The first-order valence-corrected chi connectivity index (χ1v) is 7.41. The van der Waals surface area contributed by atoms with Crippen molar-refractivity contribution in [2.45, 2.75) is 31.7 Å². The van der Waals surface area contributed by atoms with Crippen LogP contribution in [0.2, 0.25) is 0 Å². The van der Waals surface area contributed by atoms with Crippen molar-refractivity contribution in [3.63, 3.8) is 0 Å². The maximum atomic E-state index is 11.7. The number of para-hydroxylation sites is 1. The molecule has 1 saturated heterocycles. The van der Waals surface area contributed by atoms with Gasteiger partial charge in [-0.15, -0.1) is 11.6 Å². The van der Waals surface area contributed by atoms with Crippen LogP contribution < -0.4 is 0 Å². The second-order valence-electron chi connectivity index (χ2n) is 5.44. The summed E-state index contributed by atoms with van der Waals surface area (Å²) < 4.78 is 2.22. The number of amides is 1. The van der Waals surface area contributed by atoms with Crippen molar-refractivity contribution in [1.29, 1.82) is 0 Å². The first-order chi connectivity index (χ1) is 9.61. The molecule has 1 amide bonds. The molecule has 1 aromatic carbocycles. The van der Waals surface area contributed by atoms with Gasteiger partial charge < -0.3 is 9.47 Å². The van der Waals surface area contributed by atoms with Gasteiger partial charge >= 0.3 is 0 Å². The van der Waals surface area contributed by atoms with Crippen molar-refractivity contribution in [3.8, 4) is 0 Å². The number of carbonyl (C=O) groups is 1. The highest BCUT2D eigenvalue weighted by Gasteiger charge is 2.27. The third-order valence-electron chi connectivity index (χ3n) is 4.08. The zero-order valence-corrected chi connectivity index (χ0v) is 12.5. The number of hydrogen-bond donors (Lipinski definition) is 0. The molecule has 4 nitrogen and oxygen atoms in total. The first kappa shape index (κ1) is 13.4. The van der Waals surface area contributed by atoms with E-state index in [4.69, 9.17) is 11.6 Å². The van der Waals surface area contributed by atoms with E-state index in [2.05, 4.69) is 28.6 Å². The number of alkyl halides is 1. The van der Waals surface area contributed by atoms with Crippen LogP contribution in [0.25, 0.3) is 11.0 Å². The van der Waals surface area contributed by atoms with Crippen molar-refractivity contribution in [1.82, 2.24) is 14.5 Å². The van der Waals surface area contributed by atoms with Gasteiger partial charge in [0.15, 0.2) is 0 Å². The van der Waals surface area contributed by atoms with Gasteiger partial charge in [0, 0.05) is 20.0 Å². The molecule has 1 fully saturated rings. The van der Waals surface area contributed by atoms with Crippen LogP contribution in [0.15, 0.2) is 18.2 Å². The number of halogens is 1. The van der Waals surface area contributed by atoms with Gasteiger partial charge in [-0.05, 0) is 25.0 Å². The molecule has 106 valence electrons. The summed E-state index contributed by atoms with van der Waals surface area (Å²) in [6, 6.07) is 6.46. The zero-order chi connectivity index (χ0) is 14.3. The summed E-state index contributed by atoms with van der Waals surface area (Å²) in [6.45, 7) is 2.79. The minimum absolute atomic E-state index is 0.217. The molecule has 0 aliphatic carbocycles. The van der Waals surface area contributed by atoms with E-state index in [0.717, 1.165) is 35.4 Å². The number of rotatable bonds is 2. The van der Waals surface area contributed by atoms with Gasteiger partial charge in [-0.1, -0.05) is 12.1 Å². The van der Waals surface area contributed by atoms with Crippen LogP contribution in [-0.2, 0) is 10.7 Å². The molecule has 2 heterocycles. The van der Waals surface area contributed by atoms with Crippen LogP contribution in [0.4, 0.5) is 0 Å². The second-order valence-corrected chi connectivity index (χ2v) is 5.71. The Labute approximate surface area is 123 Å². The largest absolute Gasteiger partial charge is 0.344 e. The molecule has 1 atom stereocenters. The van der Waals surface area contributed by atoms with Gasteiger partial charge in [-0.25, -0.2) is 4.98 Å². The normalized spacial score (nSPS) is 19.9. The van der Waals surface area contributed by atoms with Crippen molar-refractivity contribution < 1.29 is 4.79 Å². The number of benzene rings is 1. The number of imidazole rings is 1. The molecular formula is C15H18ClN3O. The summed E-state index contributed by atoms with van der Waals surface area (Å²) in [5.41, 5.74) is 3.30. The molecule has 20 heavy (non-hydrogen) atoms. The van der Waals surface area contributed by atoms with Crippen LogP contribution in [0.5, 0.6) is 0 Å². The number of likely N-dealkylation sites (N-methyl/N-ethyl adjacent to an activating group) is 1. The van der Waals surface area contributed by atoms with Crippen molar-refractivity contribution in [2.75, 3.05) is 13.6 Å². The maximum absolute atomic E-state index is 11.7. The Morgan fingerprint density at radius 3 is 2.95 bits per heavy atom. The lowest BCUT2D eigenvalue weighted by Crippen LogP contribution is -2.38. The molecule has 0 N–H and O–H groups in total. The fourth-order valence-corrected chi connectivity index (χ4v) is 3.20. The average Bonchev–Trinajstić information content (AvgIpc) is 2.82. The Morgan fingerprint density at radius 2 is 2.25 bits per heavy atom. The molecule has 0 spiro atoms. The van der Waals surface area contributed by atoms with E-state index >= 15 is 0 Å². The fraction of sp³-hybridized carbons (Fsp3) is 0.467. The molecule has 0 radical (unpaired) electrons. The molecule has 3 rings (SSSR count). The highest BCUT2D eigenvalue weighted by atomic mass is 35.5. The van der Waals surface area contributed by atoms with Crippen LogP contribution >= 0.6 is 11.6 Å². The van der Waals surface area contributed by atoms with Crippen LogP contribution in [-0.4, -0.2) is 34.0 Å². The molecular weight excluding hydrogens is 274 g/mol. The monoisotopic (exact) mass is 291 g/mol. The van der Waals surface area contributed by atoms with Gasteiger partial charge in [-0.3, -0.25) is 4.79 Å². The standard InChI is InChI=1S/C15H18ClN3O/c1-10-4-3-5-12-15(10)17-13(8-16)19(12)11-6-7-14(20)18(2)9-11/h3-5,11H,6-9H2,1-2H3. The Balaban J connectivity index is 2.10. The van der Waals surface area contributed by atoms with E-state index in [9.17, 15) is 4.79 Å². The molecule has 1 aromatic heterocycles. The number of hydrogen-bond acceptors (Lipinski definition) is 2. The maximum Gasteiger partial charge on any atom is 0.222 e. The summed E-state index contributed by atoms with van der Waals surface area (Å²) in [5.74, 6) is 1.50. The number of piperidine rings is 1. The Bertz CT molecular complexity index is 664. The second kappa shape index (κ2) is 5.09. The van der Waals surface area contributed by atoms with Crippen LogP contribution in [0.3, 0.4) is 0 Å². The number of carbonyl (C=O) groups excluding carboxylic acids is 1. The summed E-state index contributed by atoms with van der Waals surface area (Å²) in [6.07, 6.45) is 1.45. The Hall–Kier alpha value is -1.55. The number of aryl methyl sites for hydroxylation is 1. The van der Waals surface area contributed by atoms with Crippen molar-refractivity contribution in [3.05, 3.63) is 29.6 Å². The molecule has 5 heteroatoms. The predicted molar refractivity (Wildman–Crippen MR) is 79.9 cm³/mol. The Morgan fingerprint density at radius 1 is 1.45 bits per heavy atom. The first-order valence-electron chi connectivity index (χ1n) is 6.88. The average molecular weight is 292 g/mol. The number of fused-ring (bicyclic) bond motifs is 1. The lowest BCUT2D eigenvalue weighted by molar-refractivity contribution is -0.132. The summed E-state index contributed by atoms with van der Waals surface area (Å²) >= 11 is 6.08. The summed E-state index contributed by atoms with van der Waals surface area (Å²) in [7, 11) is 1.86. The summed E-state index contributed by atoms with van der Waals surface area (Å²) in [4.78, 5) is 18.1. The fourth-order valence-electron chi connectivity index (χ4n) is 3.01. The highest BCUT2D eigenvalue weighted by Crippen LogP contribution is 2.29. The van der Waals surface area contributed by atoms with Gasteiger partial charge in [0.2, 0.25) is 5.91 Å². The molecule has 1 aliphatic rings. The third-order valence-corrected chi connectivity index (χ3v) is 4.32. The van der Waals surface area contributed by atoms with Gasteiger partial charge in [0.25, 0.3) is 0 Å². The summed E-state index contributed by atoms with van der Waals surface area (Å²) in [5, 5.41) is 0. The third kappa shape index (κ3) is 2.08. The smallest absolute Gasteiger partial charge is 0.222 e. The molecule has 2 aromatic rings. The number of nitrogens with zero attached hydrogens (tertiary/aromatic N) is 3. The van der Waals surface area contributed by atoms with E-state index in [0.29, 0.717) is 12.3 Å². The molecule has 1 aliphatic heterocycles. The number of likely N-dealkylation sites (tertiary alicyclic amines) is 1. The van der Waals surface area contributed by atoms with E-state index in [1.165, 1.54) is 0 Å². The number of aromatic nitrogens is 2. The molecule has 0 bridgehead atoms. The van der Waals surface area contributed by atoms with E-state index in [-0.39, 0.29) is 11.9 Å². The quantitative estimate of drug-likeness (QED) is 0.798. The lowest BCUT2D eigenvalue weighted by atomic mass is 10.0. The van der Waals surface area contributed by atoms with Crippen molar-refractivity contribution in [2.24, 2.45) is 0 Å². The SMILES string of the molecule is Cc1cccc2c1nc(CCl)n2C1CCC(=O)N(C)C1. The van der Waals surface area contributed by atoms with Gasteiger partial charge in [0.1, 0.15) is 5.82 Å². The van der Waals surface area contributed by atoms with Gasteiger partial charge in [0.05, 0.1) is 23.0 Å². The topological polar surface area (TPSA) is 38.1 Å². The zero-order valence-electron chi connectivity index (χ0n) is 11.8. The molecule has 1 unspecified atom stereocenters. The highest BCUT2D eigenvalue weighted by molar-refractivity contribution is 6.16. The van der Waals surface area contributed by atoms with E-state index in [1.54, 1.807) is 4.90 Å². The predicted octanol–water partition coefficient (Wildman–Crippen LogP) is 2.88. The van der Waals surface area contributed by atoms with E-state index in [1.807, 2.05) is 13.1 Å². The Kier molecular flexibility index (Phi) is 3.42. The van der Waals surface area contributed by atoms with Crippen LogP contribution in [0.1, 0.15) is 30.3 Å². The van der Waals surface area contributed by atoms with Gasteiger partial charge in [-0.2, -0.15) is 0 Å². The molecule has 0 saturated carbocycles. The van der Waals surface area contributed by atoms with Crippen LogP contribution in [0, 0.1) is 6.92 Å².